The number of aliphatic hydroxyl groups is 1. The highest BCUT2D eigenvalue weighted by molar-refractivity contribution is 6.00. The number of fused-ring (bicyclic) bond motifs is 1. The number of halogens is 2. The van der Waals surface area contributed by atoms with Gasteiger partial charge in [0, 0.05) is 44.7 Å². The molecule has 0 bridgehead atoms. The Kier molecular flexibility index (Phi) is 14.1. The Bertz CT molecular complexity index is 1430. The maximum absolute atomic E-state index is 14.9. The van der Waals surface area contributed by atoms with Crippen molar-refractivity contribution in [3.8, 4) is 5.75 Å². The first-order valence-corrected chi connectivity index (χ1v) is 17.1. The number of ether oxygens (including phenoxy) is 4. The number of carbonyl (C=O) groups is 3. The Hall–Kier alpha value is -3.37. The molecular weight excluding hydrogens is 644 g/mol. The second-order valence-electron chi connectivity index (χ2n) is 12.7. The van der Waals surface area contributed by atoms with Crippen molar-refractivity contribution in [3.05, 3.63) is 29.5 Å². The summed E-state index contributed by atoms with van der Waals surface area (Å²) in [6, 6.07) is 2.52. The standard InChI is InChI=1S/C34H51F2N5O8/c1-34(38-2,33(37)45)28(23-7-5-4-6-8-23)32(44)41-11-9-40(10-12-41)31(43)27-21-24-26(39(27)3)22-25(35)29(36)30(24)49-20-19-48-18-17-47-16-15-46-14-13-42/h21-23,28,38,42H,4-20H2,1-3H3,(H2,37,45)/t28-,34?/m1/s1. The van der Waals surface area contributed by atoms with E-state index in [1.54, 1.807) is 30.8 Å². The molecule has 1 aromatic carbocycles. The summed E-state index contributed by atoms with van der Waals surface area (Å²) in [7, 11) is 3.25. The van der Waals surface area contributed by atoms with Crippen LogP contribution in [0.1, 0.15) is 49.5 Å². The minimum absolute atomic E-state index is 0.0215. The topological polar surface area (TPSA) is 158 Å². The van der Waals surface area contributed by atoms with Crippen LogP contribution < -0.4 is 15.8 Å². The van der Waals surface area contributed by atoms with Gasteiger partial charge in [-0.3, -0.25) is 14.4 Å². The van der Waals surface area contributed by atoms with Gasteiger partial charge in [-0.2, -0.15) is 4.39 Å². The largest absolute Gasteiger partial charge is 0.487 e. The number of aliphatic hydroxyl groups excluding tert-OH is 1. The zero-order chi connectivity index (χ0) is 35.6. The number of piperazine rings is 1. The molecule has 1 saturated carbocycles. The number of hydrogen-bond donors (Lipinski definition) is 3. The number of aromatic nitrogens is 1. The number of rotatable bonds is 18. The van der Waals surface area contributed by atoms with Crippen molar-refractivity contribution in [2.24, 2.45) is 24.6 Å². The van der Waals surface area contributed by atoms with Gasteiger partial charge < -0.3 is 49.5 Å². The summed E-state index contributed by atoms with van der Waals surface area (Å²) in [5.74, 6) is -4.24. The summed E-state index contributed by atoms with van der Waals surface area (Å²) in [6.07, 6.45) is 4.78. The summed E-state index contributed by atoms with van der Waals surface area (Å²) < 4.78 is 52.6. The van der Waals surface area contributed by atoms with Crippen LogP contribution in [0.2, 0.25) is 0 Å². The number of benzene rings is 1. The van der Waals surface area contributed by atoms with Crippen LogP contribution in [0.15, 0.2) is 12.1 Å². The molecule has 1 unspecified atom stereocenters. The predicted octanol–water partition coefficient (Wildman–Crippen LogP) is 1.82. The Morgan fingerprint density at radius 1 is 0.939 bits per heavy atom. The molecule has 15 heteroatoms. The molecule has 2 aromatic rings. The van der Waals surface area contributed by atoms with E-state index in [9.17, 15) is 23.2 Å². The van der Waals surface area contributed by atoms with Gasteiger partial charge in [0.25, 0.3) is 5.91 Å². The minimum Gasteiger partial charge on any atom is -0.487 e. The van der Waals surface area contributed by atoms with Crippen LogP contribution in [0.5, 0.6) is 5.75 Å². The summed E-state index contributed by atoms with van der Waals surface area (Å²) in [5.41, 5.74) is 5.12. The predicted molar refractivity (Wildman–Crippen MR) is 177 cm³/mol. The minimum atomic E-state index is -1.21. The second-order valence-corrected chi connectivity index (χ2v) is 12.7. The first kappa shape index (κ1) is 38.4. The molecule has 1 aromatic heterocycles. The Morgan fingerprint density at radius 2 is 1.51 bits per heavy atom. The lowest BCUT2D eigenvalue weighted by molar-refractivity contribution is -0.147. The Balaban J connectivity index is 1.38. The van der Waals surface area contributed by atoms with Crippen LogP contribution in [-0.2, 0) is 30.8 Å². The number of hydrogen-bond acceptors (Lipinski definition) is 9. The van der Waals surface area contributed by atoms with Crippen molar-refractivity contribution in [2.45, 2.75) is 44.6 Å². The lowest BCUT2D eigenvalue weighted by Gasteiger charge is -2.44. The van der Waals surface area contributed by atoms with Gasteiger partial charge in [0.1, 0.15) is 17.8 Å². The van der Waals surface area contributed by atoms with Crippen LogP contribution in [0.3, 0.4) is 0 Å². The maximum atomic E-state index is 14.9. The smallest absolute Gasteiger partial charge is 0.270 e. The number of amides is 3. The number of likely N-dealkylation sites (N-methyl/N-ethyl adjacent to an activating group) is 1. The van der Waals surface area contributed by atoms with Crippen LogP contribution in [-0.4, -0.2) is 129 Å². The van der Waals surface area contributed by atoms with E-state index in [2.05, 4.69) is 5.32 Å². The van der Waals surface area contributed by atoms with E-state index in [0.29, 0.717) is 19.8 Å². The van der Waals surface area contributed by atoms with E-state index < -0.39 is 29.0 Å². The number of carbonyl (C=O) groups excluding carboxylic acids is 3. The van der Waals surface area contributed by atoms with Gasteiger partial charge in [0.2, 0.25) is 17.6 Å². The third kappa shape index (κ3) is 9.06. The molecule has 1 aliphatic heterocycles. The monoisotopic (exact) mass is 695 g/mol. The first-order valence-electron chi connectivity index (χ1n) is 17.1. The molecule has 2 fully saturated rings. The molecule has 49 heavy (non-hydrogen) atoms. The third-order valence-electron chi connectivity index (χ3n) is 9.79. The fourth-order valence-corrected chi connectivity index (χ4v) is 6.85. The van der Waals surface area contributed by atoms with Crippen LogP contribution >= 0.6 is 0 Å². The van der Waals surface area contributed by atoms with Gasteiger partial charge in [0.05, 0.1) is 57.7 Å². The average Bonchev–Trinajstić information content (AvgIpc) is 3.43. The van der Waals surface area contributed by atoms with Crippen molar-refractivity contribution in [1.29, 1.82) is 0 Å². The molecule has 1 saturated heterocycles. The van der Waals surface area contributed by atoms with Crippen molar-refractivity contribution in [2.75, 3.05) is 86.1 Å². The Morgan fingerprint density at radius 3 is 2.08 bits per heavy atom. The SMILES string of the molecule is CNC(C)(C(N)=O)[C@@H](C(=O)N1CCN(C(=O)c2cc3c(OCCOCCOCCOCCO)c(F)c(F)cc3n2C)CC1)C1CCCCC1. The fraction of sp³-hybridized carbons (Fsp3) is 0.676. The average molecular weight is 696 g/mol. The molecule has 2 heterocycles. The van der Waals surface area contributed by atoms with Crippen molar-refractivity contribution < 1.29 is 47.2 Å². The second kappa shape index (κ2) is 18.0. The van der Waals surface area contributed by atoms with Gasteiger partial charge in [-0.15, -0.1) is 0 Å². The van der Waals surface area contributed by atoms with E-state index in [1.165, 1.54) is 10.6 Å². The molecule has 0 spiro atoms. The summed E-state index contributed by atoms with van der Waals surface area (Å²) >= 11 is 0. The molecule has 4 N–H and O–H groups in total. The highest BCUT2D eigenvalue weighted by Crippen LogP contribution is 2.38. The van der Waals surface area contributed by atoms with E-state index in [-0.39, 0.29) is 99.3 Å². The summed E-state index contributed by atoms with van der Waals surface area (Å²) in [4.78, 5) is 43.7. The van der Waals surface area contributed by atoms with Crippen LogP contribution in [0, 0.1) is 23.5 Å². The fourth-order valence-electron chi connectivity index (χ4n) is 6.85. The lowest BCUT2D eigenvalue weighted by atomic mass is 9.69. The number of nitrogens with zero attached hydrogens (tertiary/aromatic N) is 3. The van der Waals surface area contributed by atoms with Crippen molar-refractivity contribution >= 4 is 28.6 Å². The number of nitrogens with one attached hydrogen (secondary N) is 1. The molecule has 4 rings (SSSR count). The third-order valence-corrected chi connectivity index (χ3v) is 9.79. The molecule has 0 radical (unpaired) electrons. The lowest BCUT2D eigenvalue weighted by Crippen LogP contribution is -2.64. The van der Waals surface area contributed by atoms with Gasteiger partial charge >= 0.3 is 0 Å². The normalized spacial score (nSPS) is 17.7. The summed E-state index contributed by atoms with van der Waals surface area (Å²) in [5, 5.41) is 12.0. The first-order chi connectivity index (χ1) is 23.5. The molecular formula is C34H51F2N5O8. The van der Waals surface area contributed by atoms with Gasteiger partial charge in [-0.05, 0) is 38.8 Å². The number of primary amides is 1. The highest BCUT2D eigenvalue weighted by Gasteiger charge is 2.49. The van der Waals surface area contributed by atoms with E-state index >= 15 is 0 Å². The molecule has 274 valence electrons. The zero-order valence-corrected chi connectivity index (χ0v) is 28.8. The molecule has 2 aliphatic rings. The maximum Gasteiger partial charge on any atom is 0.270 e. The van der Waals surface area contributed by atoms with Crippen LogP contribution in [0.4, 0.5) is 8.78 Å². The zero-order valence-electron chi connectivity index (χ0n) is 28.8. The number of aryl methyl sites for hydroxylation is 1. The molecule has 1 aliphatic carbocycles. The van der Waals surface area contributed by atoms with E-state index in [1.807, 2.05) is 0 Å². The quantitative estimate of drug-likeness (QED) is 0.198. The molecule has 3 amide bonds. The molecule has 13 nitrogen and oxygen atoms in total. The van der Waals surface area contributed by atoms with Crippen LogP contribution in [0.25, 0.3) is 10.9 Å². The van der Waals surface area contributed by atoms with E-state index in [4.69, 9.17) is 29.8 Å². The summed E-state index contributed by atoms with van der Waals surface area (Å²) in [6.45, 7) is 4.23. The van der Waals surface area contributed by atoms with E-state index in [0.717, 1.165) is 38.2 Å². The van der Waals surface area contributed by atoms with Gasteiger partial charge in [-0.25, -0.2) is 4.39 Å². The molecule has 2 atom stereocenters. The van der Waals surface area contributed by atoms with Crippen molar-refractivity contribution in [1.82, 2.24) is 19.7 Å². The number of nitrogens with two attached hydrogens (primary N) is 1. The van der Waals surface area contributed by atoms with Gasteiger partial charge in [-0.1, -0.05) is 19.3 Å². The highest BCUT2D eigenvalue weighted by atomic mass is 19.2. The van der Waals surface area contributed by atoms with Gasteiger partial charge in [0.15, 0.2) is 11.6 Å². The van der Waals surface area contributed by atoms with Crippen molar-refractivity contribution in [3.63, 3.8) is 0 Å². The Labute approximate surface area is 285 Å².